The zero-order valence-corrected chi connectivity index (χ0v) is 16.3. The van der Waals surface area contributed by atoms with Crippen LogP contribution in [0.1, 0.15) is 31.4 Å². The van der Waals surface area contributed by atoms with Gasteiger partial charge in [-0.2, -0.15) is 0 Å². The van der Waals surface area contributed by atoms with Gasteiger partial charge in [-0.25, -0.2) is 8.42 Å². The molecule has 2 aromatic carbocycles. The zero-order valence-electron chi connectivity index (χ0n) is 14.7. The largest absolute Gasteiger partial charge is 0.264 e. The number of halogens is 1. The van der Waals surface area contributed by atoms with E-state index in [9.17, 15) is 8.42 Å². The van der Waals surface area contributed by atoms with Crippen LogP contribution in [0.25, 0.3) is 4.91 Å². The number of hydrogen-bond donors (Lipinski definition) is 1. The Bertz CT molecular complexity index is 949. The minimum absolute atomic E-state index is 0.00687. The van der Waals surface area contributed by atoms with Crippen molar-refractivity contribution in [1.82, 2.24) is 4.72 Å². The van der Waals surface area contributed by atoms with Gasteiger partial charge in [0, 0.05) is 16.6 Å². The maximum Gasteiger partial charge on any atom is 0.264 e. The van der Waals surface area contributed by atoms with Crippen LogP contribution in [0.5, 0.6) is 0 Å². The fourth-order valence-corrected chi connectivity index (χ4v) is 4.60. The smallest absolute Gasteiger partial charge is 0.264 e. The Labute approximate surface area is 159 Å². The van der Waals surface area contributed by atoms with E-state index in [2.05, 4.69) is 21.8 Å². The van der Waals surface area contributed by atoms with Crippen molar-refractivity contribution in [2.75, 3.05) is 0 Å². The molecular weight excluding hydrogens is 368 g/mol. The Hall–Kier alpha value is -2.11. The summed E-state index contributed by atoms with van der Waals surface area (Å²) in [4.78, 5) is 4.87. The topological polar surface area (TPSA) is 58.5 Å². The third-order valence-corrected chi connectivity index (χ3v) is 6.14. The van der Waals surface area contributed by atoms with Gasteiger partial charge in [-0.05, 0) is 49.9 Å². The summed E-state index contributed by atoms with van der Waals surface area (Å²) in [6.07, 6.45) is 1.75. The standard InChI is InChI=1S/C20H21ClN2O2S/c1-14(8-9-16-6-4-3-5-7-16)22-20-15(2)19(26(24,25)23-20)17-10-12-18(21)13-11-17/h3-7,10-14H,8-9H2,1-2H3,(H,22,23)/t14-/m0/s1. The molecule has 0 saturated heterocycles. The molecule has 1 N–H and O–H groups in total. The van der Waals surface area contributed by atoms with Gasteiger partial charge in [-0.1, -0.05) is 54.1 Å². The maximum absolute atomic E-state index is 12.5. The van der Waals surface area contributed by atoms with E-state index in [1.54, 1.807) is 31.2 Å². The number of benzene rings is 2. The van der Waals surface area contributed by atoms with E-state index in [4.69, 9.17) is 11.6 Å². The van der Waals surface area contributed by atoms with Crippen LogP contribution < -0.4 is 4.72 Å². The first-order valence-corrected chi connectivity index (χ1v) is 10.3. The molecule has 136 valence electrons. The predicted octanol–water partition coefficient (Wildman–Crippen LogP) is 4.42. The van der Waals surface area contributed by atoms with Crippen LogP contribution in [-0.4, -0.2) is 20.3 Å². The van der Waals surface area contributed by atoms with E-state index in [1.165, 1.54) is 5.56 Å². The number of aliphatic imine (C=N–C) groups is 1. The average molecular weight is 389 g/mol. The molecule has 1 heterocycles. The Kier molecular flexibility index (Phi) is 5.49. The van der Waals surface area contributed by atoms with E-state index < -0.39 is 10.0 Å². The molecule has 6 heteroatoms. The first-order valence-electron chi connectivity index (χ1n) is 8.48. The molecule has 1 aliphatic rings. The molecule has 2 aromatic rings. The summed E-state index contributed by atoms with van der Waals surface area (Å²) in [6.45, 7) is 3.78. The molecule has 0 amide bonds. The Morgan fingerprint density at radius 3 is 2.38 bits per heavy atom. The maximum atomic E-state index is 12.5. The van der Waals surface area contributed by atoms with Crippen LogP contribution in [-0.2, 0) is 16.4 Å². The van der Waals surface area contributed by atoms with Crippen molar-refractivity contribution >= 4 is 32.4 Å². The zero-order chi connectivity index (χ0) is 18.7. The molecule has 0 aromatic heterocycles. The summed E-state index contributed by atoms with van der Waals surface area (Å²) >= 11 is 5.90. The first kappa shape index (κ1) is 18.7. The van der Waals surface area contributed by atoms with Gasteiger partial charge in [0.25, 0.3) is 10.0 Å². The second-order valence-electron chi connectivity index (χ2n) is 6.42. The molecule has 3 rings (SSSR count). The van der Waals surface area contributed by atoms with Gasteiger partial charge in [0.1, 0.15) is 10.7 Å². The van der Waals surface area contributed by atoms with Crippen molar-refractivity contribution in [1.29, 1.82) is 0 Å². The van der Waals surface area contributed by atoms with Crippen molar-refractivity contribution < 1.29 is 8.42 Å². The monoisotopic (exact) mass is 388 g/mol. The van der Waals surface area contributed by atoms with Gasteiger partial charge in [0.05, 0.1) is 0 Å². The predicted molar refractivity (Wildman–Crippen MR) is 108 cm³/mol. The number of amidine groups is 1. The van der Waals surface area contributed by atoms with Crippen molar-refractivity contribution in [2.45, 2.75) is 32.7 Å². The van der Waals surface area contributed by atoms with Crippen molar-refractivity contribution in [3.05, 3.63) is 76.3 Å². The number of aryl methyl sites for hydroxylation is 1. The molecule has 0 bridgehead atoms. The molecule has 0 saturated carbocycles. The van der Waals surface area contributed by atoms with Gasteiger partial charge in [-0.3, -0.25) is 9.71 Å². The fraction of sp³-hybridized carbons (Fsp3) is 0.250. The van der Waals surface area contributed by atoms with Crippen molar-refractivity contribution in [2.24, 2.45) is 4.99 Å². The van der Waals surface area contributed by atoms with E-state index in [1.807, 2.05) is 25.1 Å². The minimum atomic E-state index is -3.61. The highest BCUT2D eigenvalue weighted by Gasteiger charge is 2.32. The number of rotatable bonds is 5. The van der Waals surface area contributed by atoms with Crippen LogP contribution in [0.3, 0.4) is 0 Å². The normalized spacial score (nSPS) is 18.8. The Morgan fingerprint density at radius 2 is 1.73 bits per heavy atom. The Balaban J connectivity index is 1.81. The van der Waals surface area contributed by atoms with E-state index in [0.29, 0.717) is 22.0 Å². The molecule has 1 aliphatic heterocycles. The fourth-order valence-electron chi connectivity index (χ4n) is 2.97. The summed E-state index contributed by atoms with van der Waals surface area (Å²) in [5.74, 6) is 0.426. The van der Waals surface area contributed by atoms with Crippen molar-refractivity contribution in [3.8, 4) is 0 Å². The van der Waals surface area contributed by atoms with Gasteiger partial charge in [-0.15, -0.1) is 0 Å². The minimum Gasteiger partial charge on any atom is -0.264 e. The molecular formula is C20H21ClN2O2S. The highest BCUT2D eigenvalue weighted by molar-refractivity contribution is 8.00. The number of nitrogens with one attached hydrogen (secondary N) is 1. The highest BCUT2D eigenvalue weighted by Crippen LogP contribution is 2.30. The molecule has 0 unspecified atom stereocenters. The van der Waals surface area contributed by atoms with Crippen LogP contribution in [0, 0.1) is 0 Å². The van der Waals surface area contributed by atoms with Crippen molar-refractivity contribution in [3.63, 3.8) is 0 Å². The molecule has 0 spiro atoms. The summed E-state index contributed by atoms with van der Waals surface area (Å²) in [5, 5.41) is 0.568. The lowest BCUT2D eigenvalue weighted by Crippen LogP contribution is -2.25. The van der Waals surface area contributed by atoms with Crippen LogP contribution in [0.15, 0.2) is 65.2 Å². The van der Waals surface area contributed by atoms with Crippen LogP contribution in [0.4, 0.5) is 0 Å². The molecule has 1 atom stereocenters. The van der Waals surface area contributed by atoms with Gasteiger partial charge >= 0.3 is 0 Å². The Morgan fingerprint density at radius 1 is 1.08 bits per heavy atom. The van der Waals surface area contributed by atoms with Gasteiger partial charge in [0.15, 0.2) is 0 Å². The summed E-state index contributed by atoms with van der Waals surface area (Å²) in [7, 11) is -3.61. The lowest BCUT2D eigenvalue weighted by atomic mass is 10.1. The first-order chi connectivity index (χ1) is 12.4. The van der Waals surface area contributed by atoms with E-state index in [0.717, 1.165) is 12.8 Å². The quantitative estimate of drug-likeness (QED) is 0.823. The third kappa shape index (κ3) is 4.17. The van der Waals surface area contributed by atoms with Gasteiger partial charge < -0.3 is 0 Å². The third-order valence-electron chi connectivity index (χ3n) is 4.35. The molecule has 26 heavy (non-hydrogen) atoms. The van der Waals surface area contributed by atoms with E-state index >= 15 is 0 Å². The summed E-state index contributed by atoms with van der Waals surface area (Å²) in [5.41, 5.74) is 2.50. The second kappa shape index (κ2) is 7.64. The highest BCUT2D eigenvalue weighted by atomic mass is 35.5. The van der Waals surface area contributed by atoms with Crippen LogP contribution >= 0.6 is 11.6 Å². The van der Waals surface area contributed by atoms with Crippen LogP contribution in [0.2, 0.25) is 5.02 Å². The summed E-state index contributed by atoms with van der Waals surface area (Å²) in [6, 6.07) is 17.0. The lowest BCUT2D eigenvalue weighted by Gasteiger charge is -2.08. The van der Waals surface area contributed by atoms with E-state index in [-0.39, 0.29) is 10.9 Å². The molecule has 0 fully saturated rings. The number of hydrogen-bond acceptors (Lipinski definition) is 3. The SMILES string of the molecule is CC1=C(c2ccc(Cl)cc2)S(=O)(=O)NC1=N[C@@H](C)CCc1ccccc1. The molecule has 0 aliphatic carbocycles. The average Bonchev–Trinajstić information content (AvgIpc) is 2.83. The number of nitrogens with zero attached hydrogens (tertiary/aromatic N) is 1. The molecule has 0 radical (unpaired) electrons. The second-order valence-corrected chi connectivity index (χ2v) is 8.47. The lowest BCUT2D eigenvalue weighted by molar-refractivity contribution is 0.603. The molecule has 4 nitrogen and oxygen atoms in total. The number of sulfonamides is 1. The summed E-state index contributed by atoms with van der Waals surface area (Å²) < 4.78 is 27.7. The van der Waals surface area contributed by atoms with Gasteiger partial charge in [0.2, 0.25) is 0 Å².